The smallest absolute Gasteiger partial charge is 0.335 e. The van der Waals surface area contributed by atoms with Crippen molar-refractivity contribution in [2.45, 2.75) is 26.3 Å². The number of hydrogen-bond donors (Lipinski definition) is 2. The molecule has 1 unspecified atom stereocenters. The van der Waals surface area contributed by atoms with Gasteiger partial charge < -0.3 is 15.3 Å². The summed E-state index contributed by atoms with van der Waals surface area (Å²) in [6, 6.07) is 4.07. The average Bonchev–Trinajstić information content (AvgIpc) is 2.98. The summed E-state index contributed by atoms with van der Waals surface area (Å²) in [6.07, 6.45) is 0.359. The van der Waals surface area contributed by atoms with Crippen LogP contribution in [0, 0.1) is 6.92 Å². The Kier molecular flexibility index (Phi) is 5.07. The normalized spacial score (nSPS) is 17.4. The second-order valence-corrected chi connectivity index (χ2v) is 6.06. The first-order chi connectivity index (χ1) is 10.4. The van der Waals surface area contributed by atoms with Crippen molar-refractivity contribution in [3.63, 3.8) is 0 Å². The molecule has 2 amide bonds. The molecule has 1 saturated heterocycles. The molecular formula is C15H18N2O4S. The maximum atomic E-state index is 12.4. The average molecular weight is 322 g/mol. The number of carbonyl (C=O) groups is 3. The first-order valence-corrected chi connectivity index (χ1v) is 8.11. The Morgan fingerprint density at radius 3 is 2.77 bits per heavy atom. The molecule has 22 heavy (non-hydrogen) atoms. The second-order valence-electron chi connectivity index (χ2n) is 5.06. The van der Waals surface area contributed by atoms with Crippen LogP contribution in [-0.4, -0.2) is 45.5 Å². The number of anilines is 1. The largest absolute Gasteiger partial charge is 0.478 e. The Bertz CT molecular complexity index is 618. The highest BCUT2D eigenvalue weighted by molar-refractivity contribution is 7.99. The number of nitrogens with zero attached hydrogens (tertiary/aromatic N) is 1. The van der Waals surface area contributed by atoms with E-state index in [1.165, 1.54) is 23.9 Å². The minimum Gasteiger partial charge on any atom is -0.478 e. The van der Waals surface area contributed by atoms with E-state index in [4.69, 9.17) is 5.11 Å². The molecule has 1 atom stereocenters. The van der Waals surface area contributed by atoms with Crippen LogP contribution in [0.3, 0.4) is 0 Å². The Hall–Kier alpha value is -2.02. The van der Waals surface area contributed by atoms with Crippen LogP contribution in [0.2, 0.25) is 0 Å². The third-order valence-electron chi connectivity index (χ3n) is 3.55. The van der Waals surface area contributed by atoms with Gasteiger partial charge >= 0.3 is 5.97 Å². The van der Waals surface area contributed by atoms with Crippen LogP contribution in [0.15, 0.2) is 18.2 Å². The number of rotatable bonds is 4. The molecule has 1 heterocycles. The van der Waals surface area contributed by atoms with E-state index < -0.39 is 12.0 Å². The summed E-state index contributed by atoms with van der Waals surface area (Å²) < 4.78 is 0. The number of aromatic carboxylic acids is 1. The molecule has 0 radical (unpaired) electrons. The van der Waals surface area contributed by atoms with Gasteiger partial charge in [0, 0.05) is 17.9 Å². The number of carboxylic acids is 1. The molecule has 1 aromatic rings. The number of thioether (sulfide) groups is 1. The van der Waals surface area contributed by atoms with Crippen molar-refractivity contribution in [2.24, 2.45) is 0 Å². The fourth-order valence-electron chi connectivity index (χ4n) is 2.21. The molecule has 0 saturated carbocycles. The number of benzene rings is 1. The van der Waals surface area contributed by atoms with Gasteiger partial charge in [0.25, 0.3) is 0 Å². The molecule has 6 nitrogen and oxygen atoms in total. The first kappa shape index (κ1) is 16.4. The van der Waals surface area contributed by atoms with E-state index in [0.717, 1.165) is 5.56 Å². The van der Waals surface area contributed by atoms with E-state index in [0.29, 0.717) is 23.7 Å². The van der Waals surface area contributed by atoms with E-state index >= 15 is 0 Å². The van der Waals surface area contributed by atoms with Crippen LogP contribution in [0.4, 0.5) is 5.69 Å². The summed E-state index contributed by atoms with van der Waals surface area (Å²) in [7, 11) is 0. The maximum Gasteiger partial charge on any atom is 0.335 e. The molecular weight excluding hydrogens is 304 g/mol. The van der Waals surface area contributed by atoms with Crippen molar-refractivity contribution in [1.29, 1.82) is 0 Å². The standard InChI is InChI=1S/C15H18N2O4S/c1-3-13(18)17-8-22-7-12(17)14(19)16-11-6-10(15(20)21)5-4-9(11)2/h4-6,12H,3,7-8H2,1-2H3,(H,16,19)(H,20,21). The number of amides is 2. The zero-order valence-electron chi connectivity index (χ0n) is 12.5. The minimum atomic E-state index is -1.05. The Balaban J connectivity index is 2.16. The molecule has 0 spiro atoms. The van der Waals surface area contributed by atoms with Gasteiger partial charge in [-0.25, -0.2) is 4.79 Å². The lowest BCUT2D eigenvalue weighted by atomic mass is 10.1. The van der Waals surface area contributed by atoms with Crippen molar-refractivity contribution in [3.05, 3.63) is 29.3 Å². The van der Waals surface area contributed by atoms with Crippen molar-refractivity contribution < 1.29 is 19.5 Å². The van der Waals surface area contributed by atoms with E-state index in [-0.39, 0.29) is 17.4 Å². The van der Waals surface area contributed by atoms with Gasteiger partial charge in [0.2, 0.25) is 11.8 Å². The lowest BCUT2D eigenvalue weighted by molar-refractivity contribution is -0.135. The molecule has 1 aliphatic heterocycles. The molecule has 118 valence electrons. The van der Waals surface area contributed by atoms with Gasteiger partial charge in [-0.3, -0.25) is 9.59 Å². The Morgan fingerprint density at radius 2 is 2.14 bits per heavy atom. The van der Waals surface area contributed by atoms with Crippen LogP contribution in [0.25, 0.3) is 0 Å². The van der Waals surface area contributed by atoms with Gasteiger partial charge in [-0.2, -0.15) is 0 Å². The third kappa shape index (κ3) is 3.41. The quantitative estimate of drug-likeness (QED) is 0.884. The van der Waals surface area contributed by atoms with Crippen LogP contribution in [0.1, 0.15) is 29.3 Å². The zero-order valence-corrected chi connectivity index (χ0v) is 13.3. The summed E-state index contributed by atoms with van der Waals surface area (Å²) in [6.45, 7) is 3.56. The van der Waals surface area contributed by atoms with Crippen LogP contribution < -0.4 is 5.32 Å². The summed E-state index contributed by atoms with van der Waals surface area (Å²) in [5, 5.41) is 11.8. The van der Waals surface area contributed by atoms with Crippen LogP contribution in [0.5, 0.6) is 0 Å². The van der Waals surface area contributed by atoms with Crippen molar-refractivity contribution in [2.75, 3.05) is 16.9 Å². The molecule has 0 bridgehead atoms. The number of hydrogen-bond acceptors (Lipinski definition) is 4. The summed E-state index contributed by atoms with van der Waals surface area (Å²) >= 11 is 1.54. The number of carboxylic acid groups (broad SMARTS) is 1. The number of aryl methyl sites for hydroxylation is 1. The first-order valence-electron chi connectivity index (χ1n) is 6.96. The molecule has 2 rings (SSSR count). The van der Waals surface area contributed by atoms with E-state index in [9.17, 15) is 14.4 Å². The maximum absolute atomic E-state index is 12.4. The molecule has 2 N–H and O–H groups in total. The highest BCUT2D eigenvalue weighted by Gasteiger charge is 2.34. The third-order valence-corrected chi connectivity index (χ3v) is 4.56. The predicted octanol–water partition coefficient (Wildman–Crippen LogP) is 1.94. The van der Waals surface area contributed by atoms with Gasteiger partial charge in [0.1, 0.15) is 6.04 Å². The SMILES string of the molecule is CCC(=O)N1CSCC1C(=O)Nc1cc(C(=O)O)ccc1C. The fourth-order valence-corrected chi connectivity index (χ4v) is 3.40. The van der Waals surface area contributed by atoms with Gasteiger partial charge in [-0.1, -0.05) is 13.0 Å². The minimum absolute atomic E-state index is 0.0545. The van der Waals surface area contributed by atoms with Crippen molar-refractivity contribution >= 4 is 35.2 Å². The summed E-state index contributed by atoms with van der Waals surface area (Å²) in [4.78, 5) is 36.8. The van der Waals surface area contributed by atoms with Gasteiger partial charge in [0.05, 0.1) is 11.4 Å². The molecule has 0 aliphatic carbocycles. The number of carbonyl (C=O) groups excluding carboxylic acids is 2. The van der Waals surface area contributed by atoms with Crippen molar-refractivity contribution in [1.82, 2.24) is 4.90 Å². The molecule has 1 fully saturated rings. The van der Waals surface area contributed by atoms with E-state index in [1.54, 1.807) is 24.8 Å². The lowest BCUT2D eigenvalue weighted by Gasteiger charge is -2.23. The van der Waals surface area contributed by atoms with E-state index in [1.807, 2.05) is 0 Å². The topological polar surface area (TPSA) is 86.7 Å². The molecule has 0 aromatic heterocycles. The highest BCUT2D eigenvalue weighted by atomic mass is 32.2. The fraction of sp³-hybridized carbons (Fsp3) is 0.400. The monoisotopic (exact) mass is 322 g/mol. The second kappa shape index (κ2) is 6.83. The van der Waals surface area contributed by atoms with Crippen LogP contribution in [-0.2, 0) is 9.59 Å². The van der Waals surface area contributed by atoms with Gasteiger partial charge in [-0.05, 0) is 24.6 Å². The Labute approximate surface area is 132 Å². The lowest BCUT2D eigenvalue weighted by Crippen LogP contribution is -2.44. The van der Waals surface area contributed by atoms with Gasteiger partial charge in [0.15, 0.2) is 0 Å². The molecule has 1 aromatic carbocycles. The predicted molar refractivity (Wildman–Crippen MR) is 85.0 cm³/mol. The van der Waals surface area contributed by atoms with E-state index in [2.05, 4.69) is 5.32 Å². The van der Waals surface area contributed by atoms with Crippen LogP contribution >= 0.6 is 11.8 Å². The van der Waals surface area contributed by atoms with Crippen molar-refractivity contribution in [3.8, 4) is 0 Å². The highest BCUT2D eigenvalue weighted by Crippen LogP contribution is 2.24. The summed E-state index contributed by atoms with van der Waals surface area (Å²) in [5.74, 6) is -0.318. The zero-order chi connectivity index (χ0) is 16.3. The van der Waals surface area contributed by atoms with Gasteiger partial charge in [-0.15, -0.1) is 11.8 Å². The molecule has 7 heteroatoms. The Morgan fingerprint density at radius 1 is 1.41 bits per heavy atom. The number of nitrogens with one attached hydrogen (secondary N) is 1. The summed E-state index contributed by atoms with van der Waals surface area (Å²) in [5.41, 5.74) is 1.35. The molecule has 1 aliphatic rings.